The van der Waals surface area contributed by atoms with Crippen molar-refractivity contribution < 1.29 is 9.84 Å². The van der Waals surface area contributed by atoms with Gasteiger partial charge in [-0.3, -0.25) is 0 Å². The molecule has 0 spiro atoms. The summed E-state index contributed by atoms with van der Waals surface area (Å²) in [6, 6.07) is 8.26. The average Bonchev–Trinajstić information content (AvgIpc) is 2.44. The van der Waals surface area contributed by atoms with Crippen molar-refractivity contribution in [1.29, 1.82) is 0 Å². The summed E-state index contributed by atoms with van der Waals surface area (Å²) in [5.41, 5.74) is 0.947. The number of ether oxygens (including phenoxy) is 1. The molecule has 1 rings (SSSR count). The number of likely N-dealkylation sites (N-methyl/N-ethyl adjacent to an activating group) is 1. The van der Waals surface area contributed by atoms with Crippen molar-refractivity contribution in [2.75, 3.05) is 20.2 Å². The van der Waals surface area contributed by atoms with Crippen molar-refractivity contribution in [2.45, 2.75) is 52.7 Å². The van der Waals surface area contributed by atoms with Crippen molar-refractivity contribution in [3.8, 4) is 5.75 Å². The Bertz CT molecular complexity index is 389. The van der Waals surface area contributed by atoms with Gasteiger partial charge in [-0.1, -0.05) is 32.9 Å². The summed E-state index contributed by atoms with van der Waals surface area (Å²) in [6.45, 7) is 10.2. The van der Waals surface area contributed by atoms with Gasteiger partial charge in [-0.25, -0.2) is 0 Å². The molecule has 21 heavy (non-hydrogen) atoms. The van der Waals surface area contributed by atoms with Crippen LogP contribution in [0.3, 0.4) is 0 Å². The van der Waals surface area contributed by atoms with Crippen LogP contribution in [0.2, 0.25) is 0 Å². The maximum Gasteiger partial charge on any atom is 0.119 e. The van der Waals surface area contributed by atoms with E-state index in [2.05, 4.69) is 39.6 Å². The van der Waals surface area contributed by atoms with Gasteiger partial charge in [0.05, 0.1) is 12.7 Å². The van der Waals surface area contributed by atoms with Crippen LogP contribution in [0.5, 0.6) is 5.75 Å². The first kappa shape index (κ1) is 18.0. The second-order valence-electron chi connectivity index (χ2n) is 6.35. The number of nitrogens with zero attached hydrogens (tertiary/aromatic N) is 1. The Morgan fingerprint density at radius 1 is 1.14 bits per heavy atom. The minimum atomic E-state index is -0.454. The lowest BCUT2D eigenvalue weighted by molar-refractivity contribution is 0.102. The Morgan fingerprint density at radius 2 is 1.76 bits per heavy atom. The highest BCUT2D eigenvalue weighted by molar-refractivity contribution is 5.28. The topological polar surface area (TPSA) is 32.7 Å². The quantitative estimate of drug-likeness (QED) is 0.750. The maximum atomic E-state index is 10.4. The summed E-state index contributed by atoms with van der Waals surface area (Å²) in [7, 11) is 2.08. The van der Waals surface area contributed by atoms with E-state index < -0.39 is 6.10 Å². The first-order chi connectivity index (χ1) is 9.93. The molecule has 1 aromatic carbocycles. The third-order valence-electron chi connectivity index (χ3n) is 3.76. The Hall–Kier alpha value is -1.06. The van der Waals surface area contributed by atoms with Gasteiger partial charge in [0.2, 0.25) is 0 Å². The van der Waals surface area contributed by atoms with Crippen LogP contribution < -0.4 is 4.74 Å². The van der Waals surface area contributed by atoms with Gasteiger partial charge in [0.25, 0.3) is 0 Å². The van der Waals surface area contributed by atoms with E-state index in [1.807, 2.05) is 24.3 Å². The van der Waals surface area contributed by atoms with Crippen LogP contribution in [0.4, 0.5) is 0 Å². The number of aliphatic hydroxyl groups is 1. The Balaban J connectivity index is 2.52. The molecule has 0 saturated carbocycles. The van der Waals surface area contributed by atoms with Gasteiger partial charge >= 0.3 is 0 Å². The van der Waals surface area contributed by atoms with E-state index in [0.29, 0.717) is 18.5 Å². The van der Waals surface area contributed by atoms with Crippen LogP contribution in [-0.2, 0) is 0 Å². The predicted octanol–water partition coefficient (Wildman–Crippen LogP) is 3.88. The Labute approximate surface area is 129 Å². The first-order valence-electron chi connectivity index (χ1n) is 8.05. The fourth-order valence-electron chi connectivity index (χ4n) is 2.43. The lowest BCUT2D eigenvalue weighted by Gasteiger charge is -2.28. The smallest absolute Gasteiger partial charge is 0.119 e. The largest absolute Gasteiger partial charge is 0.494 e. The summed E-state index contributed by atoms with van der Waals surface area (Å²) in [4.78, 5) is 2.23. The van der Waals surface area contributed by atoms with Crippen molar-refractivity contribution in [3.63, 3.8) is 0 Å². The summed E-state index contributed by atoms with van der Waals surface area (Å²) in [5.74, 6) is 1.55. The Morgan fingerprint density at radius 3 is 2.29 bits per heavy atom. The molecule has 0 saturated heterocycles. The molecule has 0 bridgehead atoms. The van der Waals surface area contributed by atoms with Crippen molar-refractivity contribution >= 4 is 0 Å². The molecule has 0 radical (unpaired) electrons. The van der Waals surface area contributed by atoms with E-state index in [-0.39, 0.29) is 0 Å². The Kier molecular flexibility index (Phi) is 7.76. The van der Waals surface area contributed by atoms with Gasteiger partial charge in [0.15, 0.2) is 0 Å². The molecule has 0 heterocycles. The van der Waals surface area contributed by atoms with Gasteiger partial charge in [0.1, 0.15) is 5.75 Å². The van der Waals surface area contributed by atoms with E-state index in [9.17, 15) is 5.11 Å². The standard InChI is InChI=1S/C18H31NO2/c1-6-11-21-17-9-7-16(8-10-17)18(20)13-19(5)15(4)12-14(2)3/h7-10,14-15,18,20H,6,11-13H2,1-5H3. The fraction of sp³-hybridized carbons (Fsp3) is 0.667. The van der Waals surface area contributed by atoms with E-state index in [0.717, 1.165) is 30.8 Å². The molecule has 1 N–H and O–H groups in total. The third kappa shape index (κ3) is 6.49. The average molecular weight is 293 g/mol. The predicted molar refractivity (Wildman–Crippen MR) is 88.7 cm³/mol. The third-order valence-corrected chi connectivity index (χ3v) is 3.76. The van der Waals surface area contributed by atoms with E-state index >= 15 is 0 Å². The second-order valence-corrected chi connectivity index (χ2v) is 6.35. The fourth-order valence-corrected chi connectivity index (χ4v) is 2.43. The summed E-state index contributed by atoms with van der Waals surface area (Å²) >= 11 is 0. The molecule has 1 aromatic rings. The first-order valence-corrected chi connectivity index (χ1v) is 8.05. The molecule has 2 atom stereocenters. The molecule has 0 fully saturated rings. The monoisotopic (exact) mass is 293 g/mol. The molecule has 0 aromatic heterocycles. The van der Waals surface area contributed by atoms with Crippen molar-refractivity contribution in [2.24, 2.45) is 5.92 Å². The number of hydrogen-bond donors (Lipinski definition) is 1. The molecule has 3 nitrogen and oxygen atoms in total. The van der Waals surface area contributed by atoms with Crippen molar-refractivity contribution in [1.82, 2.24) is 4.90 Å². The molecular formula is C18H31NO2. The molecule has 120 valence electrons. The molecule has 3 heteroatoms. The summed E-state index contributed by atoms with van der Waals surface area (Å²) in [6.07, 6.45) is 1.69. The van der Waals surface area contributed by atoms with E-state index in [1.54, 1.807) is 0 Å². The van der Waals surface area contributed by atoms with E-state index in [1.165, 1.54) is 0 Å². The van der Waals surface area contributed by atoms with Crippen LogP contribution in [0.15, 0.2) is 24.3 Å². The zero-order chi connectivity index (χ0) is 15.8. The zero-order valence-corrected chi connectivity index (χ0v) is 14.2. The molecule has 0 aliphatic rings. The highest BCUT2D eigenvalue weighted by Gasteiger charge is 2.16. The highest BCUT2D eigenvalue weighted by atomic mass is 16.5. The van der Waals surface area contributed by atoms with Crippen LogP contribution in [0.1, 0.15) is 52.2 Å². The SMILES string of the molecule is CCCOc1ccc(C(O)CN(C)C(C)CC(C)C)cc1. The minimum Gasteiger partial charge on any atom is -0.494 e. The minimum absolute atomic E-state index is 0.454. The number of hydrogen-bond acceptors (Lipinski definition) is 3. The molecule has 0 aliphatic heterocycles. The van der Waals surface area contributed by atoms with Gasteiger partial charge in [0, 0.05) is 12.6 Å². The lowest BCUT2D eigenvalue weighted by atomic mass is 10.0. The van der Waals surface area contributed by atoms with Crippen LogP contribution >= 0.6 is 0 Å². The maximum absolute atomic E-state index is 10.4. The van der Waals surface area contributed by atoms with Gasteiger partial charge in [-0.15, -0.1) is 0 Å². The van der Waals surface area contributed by atoms with Gasteiger partial charge in [-0.2, -0.15) is 0 Å². The summed E-state index contributed by atoms with van der Waals surface area (Å²) < 4.78 is 5.56. The number of rotatable bonds is 9. The molecule has 0 amide bonds. The van der Waals surface area contributed by atoms with Crippen LogP contribution in [-0.4, -0.2) is 36.2 Å². The molecular weight excluding hydrogens is 262 g/mol. The zero-order valence-electron chi connectivity index (χ0n) is 14.2. The highest BCUT2D eigenvalue weighted by Crippen LogP contribution is 2.20. The normalized spacial score (nSPS) is 14.5. The van der Waals surface area contributed by atoms with Crippen LogP contribution in [0.25, 0.3) is 0 Å². The second kappa shape index (κ2) is 9.06. The van der Waals surface area contributed by atoms with Gasteiger partial charge < -0.3 is 14.7 Å². The molecule has 2 unspecified atom stereocenters. The number of benzene rings is 1. The van der Waals surface area contributed by atoms with Crippen LogP contribution in [0, 0.1) is 5.92 Å². The lowest BCUT2D eigenvalue weighted by Crippen LogP contribution is -2.33. The van der Waals surface area contributed by atoms with Gasteiger partial charge in [-0.05, 0) is 50.4 Å². The summed E-state index contributed by atoms with van der Waals surface area (Å²) in [5, 5.41) is 10.4. The molecule has 0 aliphatic carbocycles. The van der Waals surface area contributed by atoms with E-state index in [4.69, 9.17) is 4.74 Å². The van der Waals surface area contributed by atoms with Crippen molar-refractivity contribution in [3.05, 3.63) is 29.8 Å². The number of aliphatic hydroxyl groups excluding tert-OH is 1.